The minimum atomic E-state index is 0.644. The van der Waals surface area contributed by atoms with E-state index in [1.165, 1.54) is 0 Å². The standard InChI is InChI=1S/C21H21N3O3S2/c1-4-27-14-8-9-16-17(10-14)24-21(23-16)29-12-13-11-28-20(22-13)15-6-5-7-18(25-2)19(15)26-3/h5-11H,4,12H2,1-3H3,(H,23,24). The van der Waals surface area contributed by atoms with Crippen molar-refractivity contribution in [2.45, 2.75) is 17.8 Å². The molecular formula is C21H21N3O3S2. The number of ether oxygens (including phenoxy) is 3. The Hall–Kier alpha value is -2.71. The number of H-pyrrole nitrogens is 1. The van der Waals surface area contributed by atoms with Gasteiger partial charge >= 0.3 is 0 Å². The molecule has 29 heavy (non-hydrogen) atoms. The van der Waals surface area contributed by atoms with Gasteiger partial charge in [-0.05, 0) is 31.2 Å². The number of aromatic amines is 1. The summed E-state index contributed by atoms with van der Waals surface area (Å²) in [5, 5.41) is 3.83. The molecule has 4 aromatic rings. The SMILES string of the molecule is CCOc1ccc2nc(SCc3csc(-c4cccc(OC)c4OC)n3)[nH]c2c1. The number of hydrogen-bond donors (Lipinski definition) is 1. The summed E-state index contributed by atoms with van der Waals surface area (Å²) < 4.78 is 16.5. The second-order valence-corrected chi connectivity index (χ2v) is 7.95. The number of nitrogens with zero attached hydrogens (tertiary/aromatic N) is 2. The molecule has 4 rings (SSSR count). The van der Waals surface area contributed by atoms with Crippen LogP contribution in [-0.2, 0) is 5.75 Å². The maximum absolute atomic E-state index is 5.55. The first kappa shape index (κ1) is 19.6. The second-order valence-electron chi connectivity index (χ2n) is 6.13. The third kappa shape index (κ3) is 4.18. The van der Waals surface area contributed by atoms with Crippen LogP contribution in [0.1, 0.15) is 12.6 Å². The van der Waals surface area contributed by atoms with Crippen molar-refractivity contribution in [3.8, 4) is 27.8 Å². The lowest BCUT2D eigenvalue weighted by Gasteiger charge is -2.10. The third-order valence-electron chi connectivity index (χ3n) is 4.28. The number of aromatic nitrogens is 3. The number of imidazole rings is 1. The molecule has 0 saturated carbocycles. The molecule has 0 fully saturated rings. The first-order valence-electron chi connectivity index (χ1n) is 9.13. The lowest BCUT2D eigenvalue weighted by atomic mass is 10.2. The van der Waals surface area contributed by atoms with Gasteiger partial charge in [-0.1, -0.05) is 17.8 Å². The van der Waals surface area contributed by atoms with E-state index in [0.29, 0.717) is 18.1 Å². The highest BCUT2D eigenvalue weighted by molar-refractivity contribution is 7.98. The van der Waals surface area contributed by atoms with Crippen LogP contribution in [0.15, 0.2) is 46.9 Å². The zero-order chi connectivity index (χ0) is 20.2. The van der Waals surface area contributed by atoms with Crippen LogP contribution in [0.4, 0.5) is 0 Å². The largest absolute Gasteiger partial charge is 0.494 e. The number of methoxy groups -OCH3 is 2. The van der Waals surface area contributed by atoms with Crippen LogP contribution in [0.3, 0.4) is 0 Å². The summed E-state index contributed by atoms with van der Waals surface area (Å²) in [5.74, 6) is 2.97. The Balaban J connectivity index is 1.50. The first-order valence-corrected chi connectivity index (χ1v) is 11.0. The van der Waals surface area contributed by atoms with E-state index >= 15 is 0 Å². The van der Waals surface area contributed by atoms with Gasteiger partial charge in [0.25, 0.3) is 0 Å². The van der Waals surface area contributed by atoms with E-state index in [2.05, 4.69) is 15.3 Å². The van der Waals surface area contributed by atoms with Crippen LogP contribution in [0.2, 0.25) is 0 Å². The Morgan fingerprint density at radius 2 is 2.00 bits per heavy atom. The normalized spacial score (nSPS) is 11.0. The van der Waals surface area contributed by atoms with Crippen molar-refractivity contribution in [2.24, 2.45) is 0 Å². The molecule has 2 aromatic heterocycles. The lowest BCUT2D eigenvalue weighted by molar-refractivity contribution is 0.340. The Bertz CT molecular complexity index is 1120. The fraction of sp³-hybridized carbons (Fsp3) is 0.238. The molecule has 0 unspecified atom stereocenters. The molecule has 0 spiro atoms. The summed E-state index contributed by atoms with van der Waals surface area (Å²) in [4.78, 5) is 12.8. The predicted molar refractivity (Wildman–Crippen MR) is 117 cm³/mol. The van der Waals surface area contributed by atoms with E-state index in [1.807, 2.05) is 43.3 Å². The molecular weight excluding hydrogens is 406 g/mol. The number of thioether (sulfide) groups is 1. The Morgan fingerprint density at radius 3 is 2.79 bits per heavy atom. The summed E-state index contributed by atoms with van der Waals surface area (Å²) in [5.41, 5.74) is 3.82. The summed E-state index contributed by atoms with van der Waals surface area (Å²) in [7, 11) is 3.28. The topological polar surface area (TPSA) is 69.3 Å². The van der Waals surface area contributed by atoms with Crippen molar-refractivity contribution < 1.29 is 14.2 Å². The first-order chi connectivity index (χ1) is 14.2. The zero-order valence-electron chi connectivity index (χ0n) is 16.4. The fourth-order valence-electron chi connectivity index (χ4n) is 2.98. The molecule has 2 aromatic carbocycles. The minimum Gasteiger partial charge on any atom is -0.494 e. The van der Waals surface area contributed by atoms with Crippen molar-refractivity contribution in [1.82, 2.24) is 15.0 Å². The van der Waals surface area contributed by atoms with Crippen LogP contribution >= 0.6 is 23.1 Å². The van der Waals surface area contributed by atoms with Gasteiger partial charge in [0.1, 0.15) is 10.8 Å². The van der Waals surface area contributed by atoms with Gasteiger partial charge in [0.05, 0.1) is 43.1 Å². The van der Waals surface area contributed by atoms with Crippen LogP contribution < -0.4 is 14.2 Å². The average Bonchev–Trinajstić information content (AvgIpc) is 3.38. The smallest absolute Gasteiger partial charge is 0.170 e. The van der Waals surface area contributed by atoms with E-state index in [0.717, 1.165) is 44.0 Å². The summed E-state index contributed by atoms with van der Waals surface area (Å²) in [6.45, 7) is 2.62. The van der Waals surface area contributed by atoms with Gasteiger partial charge in [-0.3, -0.25) is 0 Å². The van der Waals surface area contributed by atoms with Gasteiger partial charge < -0.3 is 19.2 Å². The summed E-state index contributed by atoms with van der Waals surface area (Å²) >= 11 is 3.22. The Kier molecular flexibility index (Phi) is 5.92. The number of para-hydroxylation sites is 1. The number of rotatable bonds is 8. The Morgan fingerprint density at radius 1 is 1.10 bits per heavy atom. The molecule has 6 nitrogen and oxygen atoms in total. The number of thiazole rings is 1. The van der Waals surface area contributed by atoms with Crippen molar-refractivity contribution in [2.75, 3.05) is 20.8 Å². The molecule has 0 aliphatic heterocycles. The molecule has 2 heterocycles. The van der Waals surface area contributed by atoms with Crippen molar-refractivity contribution in [3.05, 3.63) is 47.5 Å². The van der Waals surface area contributed by atoms with Gasteiger partial charge in [0.2, 0.25) is 0 Å². The monoisotopic (exact) mass is 427 g/mol. The lowest BCUT2D eigenvalue weighted by Crippen LogP contribution is -1.93. The van der Waals surface area contributed by atoms with E-state index < -0.39 is 0 Å². The number of benzene rings is 2. The average molecular weight is 428 g/mol. The molecule has 150 valence electrons. The van der Waals surface area contributed by atoms with E-state index in [-0.39, 0.29) is 0 Å². The summed E-state index contributed by atoms with van der Waals surface area (Å²) in [6.07, 6.45) is 0. The van der Waals surface area contributed by atoms with Crippen molar-refractivity contribution >= 4 is 34.1 Å². The van der Waals surface area contributed by atoms with Crippen LogP contribution in [0.25, 0.3) is 21.6 Å². The minimum absolute atomic E-state index is 0.644. The van der Waals surface area contributed by atoms with Gasteiger partial charge in [-0.2, -0.15) is 0 Å². The number of fused-ring (bicyclic) bond motifs is 1. The molecule has 1 N–H and O–H groups in total. The fourth-order valence-corrected chi connectivity index (χ4v) is 4.71. The maximum Gasteiger partial charge on any atom is 0.170 e. The molecule has 0 saturated heterocycles. The summed E-state index contributed by atoms with van der Waals surface area (Å²) in [6, 6.07) is 11.7. The van der Waals surface area contributed by atoms with Crippen molar-refractivity contribution in [1.29, 1.82) is 0 Å². The van der Waals surface area contributed by atoms with Crippen LogP contribution in [0, 0.1) is 0 Å². The predicted octanol–water partition coefficient (Wildman–Crippen LogP) is 5.39. The highest BCUT2D eigenvalue weighted by Crippen LogP contribution is 2.39. The zero-order valence-corrected chi connectivity index (χ0v) is 18.0. The molecule has 0 aliphatic rings. The second kappa shape index (κ2) is 8.75. The van der Waals surface area contributed by atoms with Crippen LogP contribution in [0.5, 0.6) is 17.2 Å². The van der Waals surface area contributed by atoms with Crippen LogP contribution in [-0.4, -0.2) is 35.8 Å². The molecule has 8 heteroatoms. The molecule has 0 bridgehead atoms. The maximum atomic E-state index is 5.55. The highest BCUT2D eigenvalue weighted by atomic mass is 32.2. The highest BCUT2D eigenvalue weighted by Gasteiger charge is 2.15. The van der Waals surface area contributed by atoms with Crippen molar-refractivity contribution in [3.63, 3.8) is 0 Å². The number of hydrogen-bond acceptors (Lipinski definition) is 7. The molecule has 0 atom stereocenters. The molecule has 0 radical (unpaired) electrons. The van der Waals surface area contributed by atoms with Gasteiger partial charge in [-0.15, -0.1) is 11.3 Å². The quantitative estimate of drug-likeness (QED) is 0.380. The van der Waals surface area contributed by atoms with Gasteiger partial charge in [0, 0.05) is 17.2 Å². The van der Waals surface area contributed by atoms with Gasteiger partial charge in [0.15, 0.2) is 16.7 Å². The van der Waals surface area contributed by atoms with E-state index in [1.54, 1.807) is 37.3 Å². The third-order valence-corrected chi connectivity index (χ3v) is 6.12. The molecule has 0 amide bonds. The van der Waals surface area contributed by atoms with E-state index in [4.69, 9.17) is 19.2 Å². The molecule has 0 aliphatic carbocycles. The Labute approximate surface area is 177 Å². The van der Waals surface area contributed by atoms with E-state index in [9.17, 15) is 0 Å². The number of nitrogens with one attached hydrogen (secondary N) is 1. The van der Waals surface area contributed by atoms with Gasteiger partial charge in [-0.25, -0.2) is 9.97 Å².